The van der Waals surface area contributed by atoms with Crippen molar-refractivity contribution in [3.05, 3.63) is 88.7 Å². The van der Waals surface area contributed by atoms with E-state index in [2.05, 4.69) is 4.98 Å². The molecular weight excluding hydrogens is 519 g/mol. The molecule has 0 radical (unpaired) electrons. The molecule has 0 bridgehead atoms. The summed E-state index contributed by atoms with van der Waals surface area (Å²) in [5, 5.41) is 0.452. The first-order valence-corrected chi connectivity index (χ1v) is 11.2. The molecule has 37 heavy (non-hydrogen) atoms. The van der Waals surface area contributed by atoms with Gasteiger partial charge in [0.05, 0.1) is 5.57 Å². The molecule has 0 N–H and O–H groups in total. The average Bonchev–Trinajstić information content (AvgIpc) is 3.27. The van der Waals surface area contributed by atoms with Crippen LogP contribution in [0.3, 0.4) is 0 Å². The molecule has 1 amide bonds. The average molecular weight is 537 g/mol. The summed E-state index contributed by atoms with van der Waals surface area (Å²) < 4.78 is 80.1. The van der Waals surface area contributed by atoms with Crippen molar-refractivity contribution in [3.8, 4) is 5.75 Å². The minimum absolute atomic E-state index is 0.0146. The van der Waals surface area contributed by atoms with E-state index in [-0.39, 0.29) is 17.3 Å². The Hall–Kier alpha value is -3.92. The highest BCUT2D eigenvalue weighted by molar-refractivity contribution is 6.31. The Balaban J connectivity index is 1.51. The van der Waals surface area contributed by atoms with E-state index in [1.54, 1.807) is 18.2 Å². The Kier molecular flexibility index (Phi) is 7.22. The lowest BCUT2D eigenvalue weighted by molar-refractivity contribution is -0.124. The Bertz CT molecular complexity index is 1460. The quantitative estimate of drug-likeness (QED) is 0.190. The maximum Gasteiger partial charge on any atom is 0.419 e. The first kappa shape index (κ1) is 26.2. The Morgan fingerprint density at radius 1 is 1.03 bits per heavy atom. The van der Waals surface area contributed by atoms with Gasteiger partial charge in [-0.1, -0.05) is 23.7 Å². The standard InChI is InChI=1S/C26H18ClF5N2O3/c1-14(24(35)34(2)25-33-20-13-17(27)7-12-21(20)37-25)36-19-10-5-16(6-11-19)23(29)22(26(30,31)32)15-3-8-18(28)9-4-15/h3-14H,1-2H3. The predicted molar refractivity (Wildman–Crippen MR) is 129 cm³/mol. The number of carbonyl (C=O) groups excluding carboxylic acids is 1. The number of rotatable bonds is 6. The fraction of sp³-hybridized carbons (Fsp3) is 0.154. The van der Waals surface area contributed by atoms with Gasteiger partial charge < -0.3 is 9.15 Å². The molecule has 0 aliphatic heterocycles. The van der Waals surface area contributed by atoms with Gasteiger partial charge in [-0.2, -0.15) is 18.2 Å². The number of anilines is 1. The number of nitrogens with zero attached hydrogens (tertiary/aromatic N) is 2. The molecule has 0 saturated carbocycles. The maximum atomic E-state index is 14.9. The number of hydrogen-bond acceptors (Lipinski definition) is 4. The second-order valence-electron chi connectivity index (χ2n) is 7.98. The van der Waals surface area contributed by atoms with Crippen LogP contribution < -0.4 is 9.64 Å². The molecule has 4 aromatic rings. The van der Waals surface area contributed by atoms with Crippen molar-refractivity contribution in [2.45, 2.75) is 19.2 Å². The number of ether oxygens (including phenoxy) is 1. The highest BCUT2D eigenvalue weighted by Gasteiger charge is 2.38. The highest BCUT2D eigenvalue weighted by atomic mass is 35.5. The van der Waals surface area contributed by atoms with Gasteiger partial charge in [0.2, 0.25) is 0 Å². The van der Waals surface area contributed by atoms with E-state index in [9.17, 15) is 26.7 Å². The third-order valence-electron chi connectivity index (χ3n) is 5.36. The molecule has 0 aliphatic rings. The van der Waals surface area contributed by atoms with Gasteiger partial charge in [-0.05, 0) is 67.1 Å². The van der Waals surface area contributed by atoms with E-state index in [0.29, 0.717) is 16.1 Å². The van der Waals surface area contributed by atoms with Crippen molar-refractivity contribution in [2.24, 2.45) is 0 Å². The molecule has 1 aromatic heterocycles. The Morgan fingerprint density at radius 3 is 2.27 bits per heavy atom. The molecular formula is C26H18ClF5N2O3. The van der Waals surface area contributed by atoms with Gasteiger partial charge in [0, 0.05) is 17.6 Å². The topological polar surface area (TPSA) is 55.6 Å². The van der Waals surface area contributed by atoms with Crippen molar-refractivity contribution < 1.29 is 35.9 Å². The molecule has 0 spiro atoms. The number of halogens is 6. The molecule has 4 rings (SSSR count). The van der Waals surface area contributed by atoms with E-state index in [0.717, 1.165) is 41.3 Å². The van der Waals surface area contributed by atoms with Crippen LogP contribution in [-0.4, -0.2) is 30.2 Å². The molecule has 1 unspecified atom stereocenters. The van der Waals surface area contributed by atoms with Crippen molar-refractivity contribution in [1.82, 2.24) is 4.98 Å². The first-order valence-electron chi connectivity index (χ1n) is 10.8. The third kappa shape index (κ3) is 5.75. The lowest BCUT2D eigenvalue weighted by Crippen LogP contribution is -2.38. The number of oxazole rings is 1. The van der Waals surface area contributed by atoms with Gasteiger partial charge in [0.25, 0.3) is 5.91 Å². The zero-order chi connectivity index (χ0) is 26.9. The van der Waals surface area contributed by atoms with Crippen molar-refractivity contribution in [2.75, 3.05) is 11.9 Å². The van der Waals surface area contributed by atoms with Crippen LogP contribution in [0.4, 0.5) is 28.0 Å². The number of amides is 1. The molecule has 192 valence electrons. The van der Waals surface area contributed by atoms with Crippen LogP contribution >= 0.6 is 11.6 Å². The van der Waals surface area contributed by atoms with E-state index in [4.69, 9.17) is 20.8 Å². The van der Waals surface area contributed by atoms with Gasteiger partial charge in [-0.25, -0.2) is 8.78 Å². The Labute approximate surface area is 212 Å². The fourth-order valence-electron chi connectivity index (χ4n) is 3.51. The fourth-order valence-corrected chi connectivity index (χ4v) is 3.68. The van der Waals surface area contributed by atoms with Crippen molar-refractivity contribution >= 4 is 46.0 Å². The van der Waals surface area contributed by atoms with Crippen LogP contribution in [0.5, 0.6) is 5.75 Å². The Morgan fingerprint density at radius 2 is 1.65 bits per heavy atom. The minimum Gasteiger partial charge on any atom is -0.481 e. The predicted octanol–water partition coefficient (Wildman–Crippen LogP) is 7.45. The van der Waals surface area contributed by atoms with Crippen LogP contribution in [0.25, 0.3) is 22.5 Å². The van der Waals surface area contributed by atoms with E-state index < -0.39 is 41.0 Å². The molecule has 0 fully saturated rings. The monoisotopic (exact) mass is 536 g/mol. The number of alkyl halides is 3. The van der Waals surface area contributed by atoms with Crippen LogP contribution in [0.1, 0.15) is 18.1 Å². The van der Waals surface area contributed by atoms with Gasteiger partial charge >= 0.3 is 12.2 Å². The maximum absolute atomic E-state index is 14.9. The second kappa shape index (κ2) is 10.2. The number of benzene rings is 3. The smallest absolute Gasteiger partial charge is 0.419 e. The first-order chi connectivity index (χ1) is 17.4. The molecule has 1 atom stereocenters. The summed E-state index contributed by atoms with van der Waals surface area (Å²) in [6.07, 6.45) is -6.07. The molecule has 1 heterocycles. The number of hydrogen-bond donors (Lipinski definition) is 0. The molecule has 0 aliphatic carbocycles. The lowest BCUT2D eigenvalue weighted by Gasteiger charge is -2.19. The summed E-state index contributed by atoms with van der Waals surface area (Å²) in [5.74, 6) is -2.69. The number of fused-ring (bicyclic) bond motifs is 1. The minimum atomic E-state index is -5.03. The molecule has 3 aromatic carbocycles. The molecule has 0 saturated heterocycles. The normalized spacial score (nSPS) is 13.3. The van der Waals surface area contributed by atoms with E-state index >= 15 is 0 Å². The largest absolute Gasteiger partial charge is 0.481 e. The molecule has 11 heteroatoms. The summed E-state index contributed by atoms with van der Waals surface area (Å²) in [5.41, 5.74) is -1.54. The number of aromatic nitrogens is 1. The van der Waals surface area contributed by atoms with Crippen LogP contribution in [0, 0.1) is 5.82 Å². The summed E-state index contributed by atoms with van der Waals surface area (Å²) in [6.45, 7) is 1.46. The summed E-state index contributed by atoms with van der Waals surface area (Å²) in [6, 6.07) is 12.8. The van der Waals surface area contributed by atoms with Gasteiger partial charge in [-0.3, -0.25) is 9.69 Å². The number of allylic oxidation sites excluding steroid dienone is 1. The third-order valence-corrected chi connectivity index (χ3v) is 5.60. The zero-order valence-corrected chi connectivity index (χ0v) is 20.1. The number of carbonyl (C=O) groups is 1. The zero-order valence-electron chi connectivity index (χ0n) is 19.3. The lowest BCUT2D eigenvalue weighted by atomic mass is 10.0. The van der Waals surface area contributed by atoms with E-state index in [1.807, 2.05) is 0 Å². The van der Waals surface area contributed by atoms with Gasteiger partial charge in [0.15, 0.2) is 11.7 Å². The van der Waals surface area contributed by atoms with E-state index in [1.165, 1.54) is 26.1 Å². The summed E-state index contributed by atoms with van der Waals surface area (Å²) >= 11 is 5.94. The number of likely N-dealkylation sites (N-methyl/N-ethyl adjacent to an activating group) is 1. The molecule has 5 nitrogen and oxygen atoms in total. The summed E-state index contributed by atoms with van der Waals surface area (Å²) in [4.78, 5) is 18.2. The highest BCUT2D eigenvalue weighted by Crippen LogP contribution is 2.40. The van der Waals surface area contributed by atoms with Crippen molar-refractivity contribution in [1.29, 1.82) is 0 Å². The second-order valence-corrected chi connectivity index (χ2v) is 8.42. The van der Waals surface area contributed by atoms with Crippen LogP contribution in [0.15, 0.2) is 71.1 Å². The SMILES string of the molecule is CC(Oc1ccc(C(F)=C(c2ccc(F)cc2)C(F)(F)F)cc1)C(=O)N(C)c1nc2cc(Cl)ccc2o1. The van der Waals surface area contributed by atoms with Crippen LogP contribution in [0.2, 0.25) is 5.02 Å². The van der Waals surface area contributed by atoms with Crippen LogP contribution in [-0.2, 0) is 4.79 Å². The summed E-state index contributed by atoms with van der Waals surface area (Å²) in [7, 11) is 1.44. The van der Waals surface area contributed by atoms with Gasteiger partial charge in [0.1, 0.15) is 22.9 Å². The van der Waals surface area contributed by atoms with Crippen molar-refractivity contribution in [3.63, 3.8) is 0 Å². The van der Waals surface area contributed by atoms with Gasteiger partial charge in [-0.15, -0.1) is 0 Å².